The van der Waals surface area contributed by atoms with Crippen LogP contribution < -0.4 is 5.73 Å². The Morgan fingerprint density at radius 3 is 2.40 bits per heavy atom. The van der Waals surface area contributed by atoms with Crippen molar-refractivity contribution in [2.75, 3.05) is 5.73 Å². The highest BCUT2D eigenvalue weighted by molar-refractivity contribution is 9.09. The second kappa shape index (κ2) is 3.03. The smallest absolute Gasteiger partial charge is 0.136 e. The molecule has 0 aliphatic heterocycles. The third-order valence-corrected chi connectivity index (χ3v) is 1.75. The zero-order valence-corrected chi connectivity index (χ0v) is 6.88. The molecule has 0 radical (unpaired) electrons. The maximum Gasteiger partial charge on any atom is 0.136 e. The van der Waals surface area contributed by atoms with Gasteiger partial charge in [0.15, 0.2) is 0 Å². The fraction of sp³-hybridized carbons (Fsp3) is 0.143. The van der Waals surface area contributed by atoms with E-state index in [1.807, 2.05) is 12.1 Å². The van der Waals surface area contributed by atoms with Gasteiger partial charge < -0.3 is 10.8 Å². The average Bonchev–Trinajstić information content (AvgIpc) is 1.88. The van der Waals surface area contributed by atoms with Gasteiger partial charge in [0.1, 0.15) is 5.01 Å². The lowest BCUT2D eigenvalue weighted by atomic mass is 10.2. The molecule has 0 saturated carbocycles. The Bertz CT molecular complexity index is 225. The van der Waals surface area contributed by atoms with Gasteiger partial charge in [-0.05, 0) is 6.07 Å². The minimum atomic E-state index is -0.659. The molecule has 54 valence electrons. The van der Waals surface area contributed by atoms with Crippen LogP contribution in [-0.4, -0.2) is 5.11 Å². The third kappa shape index (κ3) is 1.49. The first-order valence-corrected chi connectivity index (χ1v) is 3.80. The highest BCUT2D eigenvalue weighted by Crippen LogP contribution is 2.23. The minimum absolute atomic E-state index is 0.604. The highest BCUT2D eigenvalue weighted by Gasteiger charge is 2.03. The quantitative estimate of drug-likeness (QED) is 0.537. The molecule has 10 heavy (non-hydrogen) atoms. The molecule has 1 aromatic carbocycles. The zero-order chi connectivity index (χ0) is 7.56. The number of benzene rings is 1. The van der Waals surface area contributed by atoms with Crippen LogP contribution in [-0.2, 0) is 0 Å². The van der Waals surface area contributed by atoms with Gasteiger partial charge in [-0.1, -0.05) is 34.1 Å². The van der Waals surface area contributed by atoms with Crippen molar-refractivity contribution in [3.63, 3.8) is 0 Å². The first-order chi connectivity index (χ1) is 4.72. The molecule has 0 spiro atoms. The van der Waals surface area contributed by atoms with Crippen molar-refractivity contribution < 1.29 is 5.11 Å². The fourth-order valence-corrected chi connectivity index (χ4v) is 1.14. The van der Waals surface area contributed by atoms with Crippen LogP contribution in [0.5, 0.6) is 0 Å². The molecule has 1 aromatic rings. The monoisotopic (exact) mass is 201 g/mol. The molecule has 2 nitrogen and oxygen atoms in total. The normalized spacial score (nSPS) is 13.0. The standard InChI is InChI=1S/C7H8BrNO/c8-7(10)5-3-1-2-4-6(5)9/h1-4,7,10H,9H2. The number of alkyl halides is 1. The number of halogens is 1. The van der Waals surface area contributed by atoms with E-state index in [1.54, 1.807) is 12.1 Å². The number of aliphatic hydroxyl groups is 1. The number of hydrogen-bond acceptors (Lipinski definition) is 2. The van der Waals surface area contributed by atoms with Gasteiger partial charge in [-0.3, -0.25) is 0 Å². The molecule has 3 heteroatoms. The molecular formula is C7H8BrNO. The topological polar surface area (TPSA) is 46.2 Å². The van der Waals surface area contributed by atoms with Gasteiger partial charge in [0.05, 0.1) is 0 Å². The largest absolute Gasteiger partial charge is 0.398 e. The van der Waals surface area contributed by atoms with E-state index >= 15 is 0 Å². The van der Waals surface area contributed by atoms with Crippen LogP contribution in [0, 0.1) is 0 Å². The maximum atomic E-state index is 9.04. The van der Waals surface area contributed by atoms with Gasteiger partial charge in [-0.25, -0.2) is 0 Å². The Hall–Kier alpha value is -0.540. The number of nitrogens with two attached hydrogens (primary N) is 1. The van der Waals surface area contributed by atoms with Crippen LogP contribution in [0.4, 0.5) is 5.69 Å². The van der Waals surface area contributed by atoms with Crippen LogP contribution in [0.1, 0.15) is 10.6 Å². The summed E-state index contributed by atoms with van der Waals surface area (Å²) in [7, 11) is 0. The van der Waals surface area contributed by atoms with Crippen molar-refractivity contribution in [2.24, 2.45) is 0 Å². The molecule has 0 aromatic heterocycles. The molecule has 0 bridgehead atoms. The first kappa shape index (κ1) is 7.57. The molecule has 1 unspecified atom stereocenters. The number of anilines is 1. The summed E-state index contributed by atoms with van der Waals surface area (Å²) in [5, 5.41) is 8.38. The number of aliphatic hydroxyl groups excluding tert-OH is 1. The van der Waals surface area contributed by atoms with Gasteiger partial charge in [0.25, 0.3) is 0 Å². The van der Waals surface area contributed by atoms with Gasteiger partial charge in [-0.2, -0.15) is 0 Å². The van der Waals surface area contributed by atoms with E-state index in [0.29, 0.717) is 11.3 Å². The maximum absolute atomic E-state index is 9.04. The number of rotatable bonds is 1. The van der Waals surface area contributed by atoms with Crippen molar-refractivity contribution in [2.45, 2.75) is 5.01 Å². The van der Waals surface area contributed by atoms with E-state index in [-0.39, 0.29) is 0 Å². The van der Waals surface area contributed by atoms with Crippen molar-refractivity contribution >= 4 is 21.6 Å². The van der Waals surface area contributed by atoms with E-state index in [1.165, 1.54) is 0 Å². The lowest BCUT2D eigenvalue weighted by Crippen LogP contribution is -1.94. The molecule has 0 fully saturated rings. The van der Waals surface area contributed by atoms with Crippen molar-refractivity contribution in [3.05, 3.63) is 29.8 Å². The summed E-state index contributed by atoms with van der Waals surface area (Å²) >= 11 is 3.01. The summed E-state index contributed by atoms with van der Waals surface area (Å²) in [5.41, 5.74) is 6.85. The average molecular weight is 202 g/mol. The summed E-state index contributed by atoms with van der Waals surface area (Å²) in [5.74, 6) is 0. The lowest BCUT2D eigenvalue weighted by Gasteiger charge is -2.04. The highest BCUT2D eigenvalue weighted by atomic mass is 79.9. The lowest BCUT2D eigenvalue weighted by molar-refractivity contribution is 0.278. The molecule has 0 heterocycles. The summed E-state index contributed by atoms with van der Waals surface area (Å²) in [6.45, 7) is 0. The summed E-state index contributed by atoms with van der Waals surface area (Å²) in [6, 6.07) is 7.18. The SMILES string of the molecule is Nc1ccccc1C(O)Br. The van der Waals surface area contributed by atoms with E-state index < -0.39 is 5.01 Å². The third-order valence-electron chi connectivity index (χ3n) is 1.25. The van der Waals surface area contributed by atoms with E-state index in [0.717, 1.165) is 0 Å². The van der Waals surface area contributed by atoms with Crippen LogP contribution >= 0.6 is 15.9 Å². The second-order valence-electron chi connectivity index (χ2n) is 1.96. The van der Waals surface area contributed by atoms with Crippen LogP contribution in [0.15, 0.2) is 24.3 Å². The number of nitrogen functional groups attached to an aromatic ring is 1. The van der Waals surface area contributed by atoms with Crippen LogP contribution in [0.3, 0.4) is 0 Å². The van der Waals surface area contributed by atoms with E-state index in [9.17, 15) is 0 Å². The van der Waals surface area contributed by atoms with Crippen LogP contribution in [0.25, 0.3) is 0 Å². The fourth-order valence-electron chi connectivity index (χ4n) is 0.728. The summed E-state index contributed by atoms with van der Waals surface area (Å²) in [4.78, 5) is 0. The van der Waals surface area contributed by atoms with E-state index in [4.69, 9.17) is 10.8 Å². The second-order valence-corrected chi connectivity index (χ2v) is 2.83. The zero-order valence-electron chi connectivity index (χ0n) is 5.29. The van der Waals surface area contributed by atoms with Gasteiger partial charge in [0.2, 0.25) is 0 Å². The molecule has 0 saturated heterocycles. The number of para-hydroxylation sites is 1. The Labute approximate surface area is 67.8 Å². The molecular weight excluding hydrogens is 194 g/mol. The molecule has 1 rings (SSSR count). The summed E-state index contributed by atoms with van der Waals surface area (Å²) < 4.78 is 0. The predicted octanol–water partition coefficient (Wildman–Crippen LogP) is 1.65. The first-order valence-electron chi connectivity index (χ1n) is 2.88. The summed E-state index contributed by atoms with van der Waals surface area (Å²) in [6.07, 6.45) is 0. The Kier molecular flexibility index (Phi) is 2.29. The minimum Gasteiger partial charge on any atom is -0.398 e. The predicted molar refractivity (Wildman–Crippen MR) is 44.7 cm³/mol. The number of hydrogen-bond donors (Lipinski definition) is 2. The van der Waals surface area contributed by atoms with E-state index in [2.05, 4.69) is 15.9 Å². The molecule has 3 N–H and O–H groups in total. The Morgan fingerprint density at radius 1 is 1.40 bits per heavy atom. The molecule has 0 amide bonds. The van der Waals surface area contributed by atoms with Crippen LogP contribution in [0.2, 0.25) is 0 Å². The molecule has 0 aliphatic carbocycles. The van der Waals surface area contributed by atoms with Crippen molar-refractivity contribution in [1.82, 2.24) is 0 Å². The van der Waals surface area contributed by atoms with Gasteiger partial charge in [-0.15, -0.1) is 0 Å². The van der Waals surface area contributed by atoms with Crippen molar-refractivity contribution in [1.29, 1.82) is 0 Å². The Balaban J connectivity index is 3.03. The van der Waals surface area contributed by atoms with Gasteiger partial charge >= 0.3 is 0 Å². The molecule has 1 atom stereocenters. The molecule has 0 aliphatic rings. The van der Waals surface area contributed by atoms with Gasteiger partial charge in [0, 0.05) is 11.3 Å². The van der Waals surface area contributed by atoms with Crippen molar-refractivity contribution in [3.8, 4) is 0 Å². The Morgan fingerprint density at radius 2 is 2.00 bits per heavy atom.